The molecule has 5 nitrogen and oxygen atoms in total. The van der Waals surface area contributed by atoms with Crippen LogP contribution in [0.5, 0.6) is 0 Å². The van der Waals surface area contributed by atoms with Gasteiger partial charge in [-0.05, 0) is 52.2 Å². The number of ether oxygens (including phenoxy) is 1. The summed E-state index contributed by atoms with van der Waals surface area (Å²) in [7, 11) is 0. The third-order valence-corrected chi connectivity index (χ3v) is 3.90. The molecule has 1 aliphatic heterocycles. The van der Waals surface area contributed by atoms with Crippen molar-refractivity contribution in [3.05, 3.63) is 24.2 Å². The van der Waals surface area contributed by atoms with Crippen LogP contribution in [0.4, 0.5) is 4.79 Å². The Bertz CT molecular complexity index is 465. The molecule has 0 aliphatic carbocycles. The number of amides is 1. The Morgan fingerprint density at radius 2 is 2.32 bits per heavy atom. The first-order valence-corrected chi connectivity index (χ1v) is 8.17. The minimum atomic E-state index is -0.447. The Morgan fingerprint density at radius 3 is 2.91 bits per heavy atom. The van der Waals surface area contributed by atoms with Crippen molar-refractivity contribution in [2.75, 3.05) is 13.1 Å². The van der Waals surface area contributed by atoms with Gasteiger partial charge in [-0.1, -0.05) is 6.92 Å². The van der Waals surface area contributed by atoms with Crippen molar-refractivity contribution in [3.8, 4) is 0 Å². The van der Waals surface area contributed by atoms with Gasteiger partial charge < -0.3 is 19.4 Å². The van der Waals surface area contributed by atoms with E-state index in [2.05, 4.69) is 12.2 Å². The highest BCUT2D eigenvalue weighted by atomic mass is 16.6. The molecule has 0 spiro atoms. The van der Waals surface area contributed by atoms with E-state index in [1.807, 2.05) is 37.8 Å². The Hall–Kier alpha value is -1.49. The first kappa shape index (κ1) is 16.9. The van der Waals surface area contributed by atoms with Crippen LogP contribution in [0.1, 0.15) is 58.8 Å². The third kappa shape index (κ3) is 4.50. The van der Waals surface area contributed by atoms with E-state index in [4.69, 9.17) is 9.15 Å². The lowest BCUT2D eigenvalue weighted by atomic mass is 10.1. The summed E-state index contributed by atoms with van der Waals surface area (Å²) < 4.78 is 11.0. The van der Waals surface area contributed by atoms with Crippen LogP contribution in [-0.4, -0.2) is 35.7 Å². The van der Waals surface area contributed by atoms with Crippen molar-refractivity contribution in [2.45, 2.75) is 64.6 Å². The molecule has 0 bridgehead atoms. The molecule has 22 heavy (non-hydrogen) atoms. The van der Waals surface area contributed by atoms with E-state index in [9.17, 15) is 4.79 Å². The SMILES string of the molecule is CCC(NCC1CCCN1C(=O)OC(C)(C)C)c1ccco1. The van der Waals surface area contributed by atoms with Crippen LogP contribution in [0, 0.1) is 0 Å². The molecule has 124 valence electrons. The smallest absolute Gasteiger partial charge is 0.410 e. The number of nitrogens with zero attached hydrogens (tertiary/aromatic N) is 1. The number of rotatable bonds is 5. The van der Waals surface area contributed by atoms with Crippen LogP contribution in [-0.2, 0) is 4.74 Å². The number of hydrogen-bond donors (Lipinski definition) is 1. The summed E-state index contributed by atoms with van der Waals surface area (Å²) in [5.41, 5.74) is -0.447. The maximum absolute atomic E-state index is 12.3. The molecule has 5 heteroatoms. The van der Waals surface area contributed by atoms with Gasteiger partial charge in [-0.2, -0.15) is 0 Å². The molecular weight excluding hydrogens is 280 g/mol. The van der Waals surface area contributed by atoms with E-state index in [1.165, 1.54) is 0 Å². The predicted molar refractivity (Wildman–Crippen MR) is 85.7 cm³/mol. The van der Waals surface area contributed by atoms with E-state index in [1.54, 1.807) is 6.26 Å². The van der Waals surface area contributed by atoms with Gasteiger partial charge in [0.1, 0.15) is 11.4 Å². The van der Waals surface area contributed by atoms with E-state index in [0.29, 0.717) is 0 Å². The summed E-state index contributed by atoms with van der Waals surface area (Å²) in [6.07, 6.45) is 4.49. The predicted octanol–water partition coefficient (Wildman–Crippen LogP) is 3.72. The van der Waals surface area contributed by atoms with Gasteiger partial charge in [0.25, 0.3) is 0 Å². The molecular formula is C17H28N2O3. The first-order chi connectivity index (χ1) is 10.4. The van der Waals surface area contributed by atoms with Crippen LogP contribution < -0.4 is 5.32 Å². The lowest BCUT2D eigenvalue weighted by molar-refractivity contribution is 0.0224. The zero-order valence-electron chi connectivity index (χ0n) is 14.1. The number of hydrogen-bond acceptors (Lipinski definition) is 4. The molecule has 0 saturated carbocycles. The lowest BCUT2D eigenvalue weighted by Crippen LogP contribution is -2.44. The minimum Gasteiger partial charge on any atom is -0.468 e. The molecule has 1 amide bonds. The van der Waals surface area contributed by atoms with Crippen molar-refractivity contribution >= 4 is 6.09 Å². The number of furan rings is 1. The molecule has 1 saturated heterocycles. The fourth-order valence-electron chi connectivity index (χ4n) is 2.82. The standard InChI is InChI=1S/C17H28N2O3/c1-5-14(15-9-7-11-21-15)18-12-13-8-6-10-19(13)16(20)22-17(2,3)4/h7,9,11,13-14,18H,5-6,8,10,12H2,1-4H3. The monoisotopic (exact) mass is 308 g/mol. The summed E-state index contributed by atoms with van der Waals surface area (Å²) in [6, 6.07) is 4.28. The average molecular weight is 308 g/mol. The van der Waals surface area contributed by atoms with Crippen LogP contribution in [0.3, 0.4) is 0 Å². The number of likely N-dealkylation sites (tertiary alicyclic amines) is 1. The van der Waals surface area contributed by atoms with E-state index in [0.717, 1.165) is 38.1 Å². The van der Waals surface area contributed by atoms with Gasteiger partial charge in [0.15, 0.2) is 0 Å². The quantitative estimate of drug-likeness (QED) is 0.900. The highest BCUT2D eigenvalue weighted by Gasteiger charge is 2.32. The van der Waals surface area contributed by atoms with Gasteiger partial charge in [-0.25, -0.2) is 4.79 Å². The molecule has 2 heterocycles. The normalized spacial score (nSPS) is 20.2. The summed E-state index contributed by atoms with van der Waals surface area (Å²) >= 11 is 0. The minimum absolute atomic E-state index is 0.191. The van der Waals surface area contributed by atoms with Crippen LogP contribution in [0.2, 0.25) is 0 Å². The average Bonchev–Trinajstić information content (AvgIpc) is 3.08. The summed E-state index contributed by atoms with van der Waals surface area (Å²) in [4.78, 5) is 14.1. The molecule has 0 aromatic carbocycles. The molecule has 1 N–H and O–H groups in total. The highest BCUT2D eigenvalue weighted by molar-refractivity contribution is 5.69. The highest BCUT2D eigenvalue weighted by Crippen LogP contribution is 2.22. The zero-order valence-corrected chi connectivity index (χ0v) is 14.1. The van der Waals surface area contributed by atoms with Crippen LogP contribution in [0.15, 0.2) is 22.8 Å². The van der Waals surface area contributed by atoms with Gasteiger partial charge >= 0.3 is 6.09 Å². The number of carbonyl (C=O) groups excluding carboxylic acids is 1. The van der Waals surface area contributed by atoms with Crippen molar-refractivity contribution in [3.63, 3.8) is 0 Å². The molecule has 2 rings (SSSR count). The Morgan fingerprint density at radius 1 is 1.55 bits per heavy atom. The van der Waals surface area contributed by atoms with Crippen molar-refractivity contribution in [1.82, 2.24) is 10.2 Å². The van der Waals surface area contributed by atoms with Crippen molar-refractivity contribution in [1.29, 1.82) is 0 Å². The van der Waals surface area contributed by atoms with Gasteiger partial charge in [-0.15, -0.1) is 0 Å². The molecule has 1 fully saturated rings. The second-order valence-electron chi connectivity index (χ2n) is 6.85. The first-order valence-electron chi connectivity index (χ1n) is 8.17. The topological polar surface area (TPSA) is 54.7 Å². The van der Waals surface area contributed by atoms with E-state index >= 15 is 0 Å². The fraction of sp³-hybridized carbons (Fsp3) is 0.706. The Balaban J connectivity index is 1.89. The molecule has 2 atom stereocenters. The van der Waals surface area contributed by atoms with E-state index in [-0.39, 0.29) is 18.2 Å². The van der Waals surface area contributed by atoms with E-state index < -0.39 is 5.60 Å². The summed E-state index contributed by atoms with van der Waals surface area (Å²) in [6.45, 7) is 9.37. The van der Waals surface area contributed by atoms with Gasteiger partial charge in [0.2, 0.25) is 0 Å². The van der Waals surface area contributed by atoms with Gasteiger partial charge in [-0.3, -0.25) is 0 Å². The summed E-state index contributed by atoms with van der Waals surface area (Å²) in [5, 5.41) is 3.52. The molecule has 1 aromatic rings. The van der Waals surface area contributed by atoms with Gasteiger partial charge in [0.05, 0.1) is 12.3 Å². The maximum atomic E-state index is 12.3. The van der Waals surface area contributed by atoms with Crippen molar-refractivity contribution in [2.24, 2.45) is 0 Å². The second kappa shape index (κ2) is 7.18. The molecule has 1 aliphatic rings. The van der Waals surface area contributed by atoms with Crippen LogP contribution in [0.25, 0.3) is 0 Å². The summed E-state index contributed by atoms with van der Waals surface area (Å²) in [5.74, 6) is 0.948. The number of nitrogens with one attached hydrogen (secondary N) is 1. The zero-order chi connectivity index (χ0) is 16.2. The largest absolute Gasteiger partial charge is 0.468 e. The fourth-order valence-corrected chi connectivity index (χ4v) is 2.82. The molecule has 0 radical (unpaired) electrons. The second-order valence-corrected chi connectivity index (χ2v) is 6.85. The maximum Gasteiger partial charge on any atom is 0.410 e. The van der Waals surface area contributed by atoms with Crippen LogP contribution >= 0.6 is 0 Å². The lowest BCUT2D eigenvalue weighted by Gasteiger charge is -2.29. The Labute approximate surface area is 133 Å². The van der Waals surface area contributed by atoms with Gasteiger partial charge in [0, 0.05) is 19.1 Å². The third-order valence-electron chi connectivity index (χ3n) is 3.90. The molecule has 2 unspecified atom stereocenters. The number of carbonyl (C=O) groups is 1. The Kier molecular flexibility index (Phi) is 5.51. The van der Waals surface area contributed by atoms with Crippen molar-refractivity contribution < 1.29 is 13.9 Å². The molecule has 1 aromatic heterocycles.